The first-order valence-corrected chi connectivity index (χ1v) is 7.77. The first-order chi connectivity index (χ1) is 8.88. The van der Waals surface area contributed by atoms with Gasteiger partial charge in [-0.1, -0.05) is 0 Å². The molecule has 2 heterocycles. The lowest BCUT2D eigenvalue weighted by Crippen LogP contribution is -2.39. The van der Waals surface area contributed by atoms with E-state index in [0.717, 1.165) is 12.7 Å². The van der Waals surface area contributed by atoms with Gasteiger partial charge in [-0.25, -0.2) is 18.4 Å². The molecule has 1 saturated heterocycles. The number of carboxylic acids is 1. The average Bonchev–Trinajstić information content (AvgIpc) is 2.38. The van der Waals surface area contributed by atoms with Gasteiger partial charge in [0.2, 0.25) is 0 Å². The van der Waals surface area contributed by atoms with Crippen molar-refractivity contribution in [1.29, 1.82) is 0 Å². The first-order valence-electron chi connectivity index (χ1n) is 5.88. The van der Waals surface area contributed by atoms with Gasteiger partial charge >= 0.3 is 5.97 Å². The van der Waals surface area contributed by atoms with E-state index in [1.54, 1.807) is 4.90 Å². The lowest BCUT2D eigenvalue weighted by molar-refractivity contribution is -0.141. The number of aliphatic carboxylic acids is 1. The summed E-state index contributed by atoms with van der Waals surface area (Å²) in [5, 5.41) is 8.99. The number of hydrogen-bond donors (Lipinski definition) is 1. The Balaban J connectivity index is 2.24. The van der Waals surface area contributed by atoms with Crippen molar-refractivity contribution < 1.29 is 18.3 Å². The van der Waals surface area contributed by atoms with Gasteiger partial charge in [-0.15, -0.1) is 0 Å². The lowest BCUT2D eigenvalue weighted by atomic mass is 9.98. The first kappa shape index (κ1) is 13.7. The SMILES string of the molecule is CS(=O)(=O)c1cc(N2CCC[C@H](C(=O)O)C2)ncn1. The largest absolute Gasteiger partial charge is 0.481 e. The summed E-state index contributed by atoms with van der Waals surface area (Å²) in [7, 11) is -3.39. The van der Waals surface area contributed by atoms with Crippen LogP contribution in [0.4, 0.5) is 5.82 Å². The van der Waals surface area contributed by atoms with Gasteiger partial charge < -0.3 is 10.0 Å². The molecule has 8 heteroatoms. The molecule has 0 spiro atoms. The maximum absolute atomic E-state index is 11.4. The Morgan fingerprint density at radius 2 is 2.21 bits per heavy atom. The van der Waals surface area contributed by atoms with Crippen LogP contribution in [0.3, 0.4) is 0 Å². The van der Waals surface area contributed by atoms with Gasteiger partial charge in [-0.05, 0) is 12.8 Å². The minimum atomic E-state index is -3.39. The summed E-state index contributed by atoms with van der Waals surface area (Å²) in [6.45, 7) is 1.01. The van der Waals surface area contributed by atoms with Crippen molar-refractivity contribution in [2.45, 2.75) is 17.9 Å². The van der Waals surface area contributed by atoms with Gasteiger partial charge in [0.05, 0.1) is 5.92 Å². The number of piperidine rings is 1. The van der Waals surface area contributed by atoms with Crippen LogP contribution in [-0.2, 0) is 14.6 Å². The van der Waals surface area contributed by atoms with Crippen LogP contribution in [-0.4, -0.2) is 48.8 Å². The molecule has 0 bridgehead atoms. The van der Waals surface area contributed by atoms with Crippen LogP contribution in [0.15, 0.2) is 17.4 Å². The Morgan fingerprint density at radius 3 is 2.84 bits per heavy atom. The number of anilines is 1. The number of nitrogens with zero attached hydrogens (tertiary/aromatic N) is 3. The summed E-state index contributed by atoms with van der Waals surface area (Å²) < 4.78 is 22.9. The molecule has 0 amide bonds. The molecule has 104 valence electrons. The zero-order chi connectivity index (χ0) is 14.0. The van der Waals surface area contributed by atoms with Crippen LogP contribution >= 0.6 is 0 Å². The van der Waals surface area contributed by atoms with Crippen LogP contribution in [0.1, 0.15) is 12.8 Å². The van der Waals surface area contributed by atoms with E-state index in [4.69, 9.17) is 5.11 Å². The van der Waals surface area contributed by atoms with Gasteiger partial charge in [0.25, 0.3) is 0 Å². The quantitative estimate of drug-likeness (QED) is 0.791. The highest BCUT2D eigenvalue weighted by Crippen LogP contribution is 2.22. The zero-order valence-electron chi connectivity index (χ0n) is 10.5. The molecule has 0 radical (unpaired) electrons. The third-order valence-electron chi connectivity index (χ3n) is 3.10. The van der Waals surface area contributed by atoms with Crippen LogP contribution in [0.2, 0.25) is 0 Å². The summed E-state index contributed by atoms with van der Waals surface area (Å²) in [5.41, 5.74) is 0. The number of hydrogen-bond acceptors (Lipinski definition) is 6. The Kier molecular flexibility index (Phi) is 3.70. The second-order valence-corrected chi connectivity index (χ2v) is 6.57. The van der Waals surface area contributed by atoms with Crippen molar-refractivity contribution in [3.63, 3.8) is 0 Å². The molecule has 1 atom stereocenters. The Hall–Kier alpha value is -1.70. The highest BCUT2D eigenvalue weighted by molar-refractivity contribution is 7.90. The number of aromatic nitrogens is 2. The van der Waals surface area contributed by atoms with E-state index < -0.39 is 21.7 Å². The van der Waals surface area contributed by atoms with Crippen LogP contribution < -0.4 is 4.90 Å². The predicted octanol–water partition coefficient (Wildman–Crippen LogP) is 0.181. The van der Waals surface area contributed by atoms with Crippen molar-refractivity contribution in [2.24, 2.45) is 5.92 Å². The van der Waals surface area contributed by atoms with Crippen molar-refractivity contribution in [3.05, 3.63) is 12.4 Å². The van der Waals surface area contributed by atoms with E-state index in [0.29, 0.717) is 25.3 Å². The zero-order valence-corrected chi connectivity index (χ0v) is 11.3. The molecule has 2 rings (SSSR count). The molecular weight excluding hydrogens is 270 g/mol. The van der Waals surface area contributed by atoms with Crippen LogP contribution in [0, 0.1) is 5.92 Å². The molecule has 1 aromatic rings. The van der Waals surface area contributed by atoms with Gasteiger partial charge in [-0.3, -0.25) is 4.79 Å². The Labute approximate surface area is 111 Å². The fourth-order valence-corrected chi connectivity index (χ4v) is 2.65. The van der Waals surface area contributed by atoms with Gasteiger partial charge in [0.15, 0.2) is 14.9 Å². The minimum Gasteiger partial charge on any atom is -0.481 e. The summed E-state index contributed by atoms with van der Waals surface area (Å²) in [5.74, 6) is -0.811. The van der Waals surface area contributed by atoms with Crippen LogP contribution in [0.25, 0.3) is 0 Å². The van der Waals surface area contributed by atoms with Gasteiger partial charge in [-0.2, -0.15) is 0 Å². The fraction of sp³-hybridized carbons (Fsp3) is 0.545. The van der Waals surface area contributed by atoms with Crippen LogP contribution in [0.5, 0.6) is 0 Å². The highest BCUT2D eigenvalue weighted by Gasteiger charge is 2.26. The smallest absolute Gasteiger partial charge is 0.308 e. The lowest BCUT2D eigenvalue weighted by Gasteiger charge is -2.31. The van der Waals surface area contributed by atoms with Gasteiger partial charge in [0, 0.05) is 25.4 Å². The molecule has 0 saturated carbocycles. The molecule has 1 aliphatic rings. The van der Waals surface area contributed by atoms with Crippen molar-refractivity contribution in [2.75, 3.05) is 24.2 Å². The Morgan fingerprint density at radius 1 is 1.47 bits per heavy atom. The molecule has 7 nitrogen and oxygen atoms in total. The summed E-state index contributed by atoms with van der Waals surface area (Å²) in [6, 6.07) is 1.39. The summed E-state index contributed by atoms with van der Waals surface area (Å²) in [4.78, 5) is 20.5. The maximum atomic E-state index is 11.4. The monoisotopic (exact) mass is 285 g/mol. The number of carbonyl (C=O) groups is 1. The van der Waals surface area contributed by atoms with E-state index in [1.165, 1.54) is 12.4 Å². The number of carboxylic acid groups (broad SMARTS) is 1. The molecule has 0 unspecified atom stereocenters. The molecule has 1 N–H and O–H groups in total. The van der Waals surface area contributed by atoms with E-state index in [2.05, 4.69) is 9.97 Å². The van der Waals surface area contributed by atoms with E-state index in [1.807, 2.05) is 0 Å². The minimum absolute atomic E-state index is 0.0463. The standard InChI is InChI=1S/C11H15N3O4S/c1-19(17,18)10-5-9(12-7-13-10)14-4-2-3-8(6-14)11(15)16/h5,7-8H,2-4,6H2,1H3,(H,15,16)/t8-/m0/s1. The summed E-state index contributed by atoms with van der Waals surface area (Å²) >= 11 is 0. The molecule has 0 aromatic carbocycles. The molecule has 0 aliphatic carbocycles. The predicted molar refractivity (Wildman–Crippen MR) is 67.7 cm³/mol. The van der Waals surface area contributed by atoms with Crippen molar-refractivity contribution in [1.82, 2.24) is 9.97 Å². The normalized spacial score (nSPS) is 20.3. The third-order valence-corrected chi connectivity index (χ3v) is 4.09. The fourth-order valence-electron chi connectivity index (χ4n) is 2.09. The molecule has 1 aromatic heterocycles. The molecule has 19 heavy (non-hydrogen) atoms. The summed E-state index contributed by atoms with van der Waals surface area (Å²) in [6.07, 6.45) is 3.65. The third kappa shape index (κ3) is 3.19. The van der Waals surface area contributed by atoms with Gasteiger partial charge in [0.1, 0.15) is 12.1 Å². The average molecular weight is 285 g/mol. The number of sulfone groups is 1. The maximum Gasteiger partial charge on any atom is 0.308 e. The Bertz CT molecular complexity index is 587. The number of rotatable bonds is 3. The van der Waals surface area contributed by atoms with E-state index in [9.17, 15) is 13.2 Å². The second-order valence-electron chi connectivity index (χ2n) is 4.61. The van der Waals surface area contributed by atoms with Crippen molar-refractivity contribution >= 4 is 21.6 Å². The van der Waals surface area contributed by atoms with Crippen molar-refractivity contribution in [3.8, 4) is 0 Å². The molecular formula is C11H15N3O4S. The second kappa shape index (κ2) is 5.12. The molecule has 1 aliphatic heterocycles. The molecule has 1 fully saturated rings. The topological polar surface area (TPSA) is 100 Å². The van der Waals surface area contributed by atoms with E-state index >= 15 is 0 Å². The van der Waals surface area contributed by atoms with E-state index in [-0.39, 0.29) is 5.03 Å². The highest BCUT2D eigenvalue weighted by atomic mass is 32.2.